The van der Waals surface area contributed by atoms with Gasteiger partial charge in [-0.2, -0.15) is 12.6 Å². The van der Waals surface area contributed by atoms with Crippen LogP contribution in [-0.4, -0.2) is 4.98 Å². The van der Waals surface area contributed by atoms with E-state index in [1.807, 2.05) is 0 Å². The van der Waals surface area contributed by atoms with Gasteiger partial charge in [0, 0.05) is 22.2 Å². The van der Waals surface area contributed by atoms with Crippen molar-refractivity contribution in [3.63, 3.8) is 0 Å². The van der Waals surface area contributed by atoms with E-state index in [4.69, 9.17) is 4.98 Å². The van der Waals surface area contributed by atoms with Crippen LogP contribution in [0, 0.1) is 0 Å². The Bertz CT molecular complexity index is 594. The molecule has 0 N–H and O–H groups in total. The van der Waals surface area contributed by atoms with Crippen molar-refractivity contribution >= 4 is 23.5 Å². The Hall–Kier alpha value is -1.02. The van der Waals surface area contributed by atoms with Crippen LogP contribution in [0.2, 0.25) is 0 Å². The number of thiol groups is 1. The molecule has 0 saturated heterocycles. The van der Waals surface area contributed by atoms with Gasteiger partial charge in [-0.05, 0) is 35.2 Å². The summed E-state index contributed by atoms with van der Waals surface area (Å²) in [6.45, 7) is 11.0. The van der Waals surface area contributed by atoms with Crippen LogP contribution in [0.3, 0.4) is 0 Å². The molecule has 1 aromatic heterocycles. The van der Waals surface area contributed by atoms with Gasteiger partial charge in [0.05, 0.1) is 5.52 Å². The second-order valence-corrected chi connectivity index (χ2v) is 6.82. The van der Waals surface area contributed by atoms with E-state index in [0.29, 0.717) is 5.92 Å². The van der Waals surface area contributed by atoms with E-state index >= 15 is 0 Å². The molecule has 0 aliphatic rings. The summed E-state index contributed by atoms with van der Waals surface area (Å²) >= 11 is 4.49. The third-order valence-corrected chi connectivity index (χ3v) is 3.86. The molecule has 19 heavy (non-hydrogen) atoms. The lowest BCUT2D eigenvalue weighted by atomic mass is 9.89. The fraction of sp³-hybridized carbons (Fsp3) is 0.471. The first-order valence-corrected chi connectivity index (χ1v) is 7.51. The van der Waals surface area contributed by atoms with Gasteiger partial charge in [-0.1, -0.05) is 40.7 Å². The molecule has 0 unspecified atom stereocenters. The van der Waals surface area contributed by atoms with Crippen molar-refractivity contribution in [1.82, 2.24) is 4.98 Å². The number of fused-ring (bicyclic) bond motifs is 1. The van der Waals surface area contributed by atoms with Crippen LogP contribution in [0.1, 0.15) is 57.4 Å². The molecule has 1 nitrogen and oxygen atoms in total. The summed E-state index contributed by atoms with van der Waals surface area (Å²) in [6, 6.07) is 8.81. The highest BCUT2D eigenvalue weighted by Crippen LogP contribution is 2.29. The molecule has 1 aromatic carbocycles. The van der Waals surface area contributed by atoms with Crippen LogP contribution in [-0.2, 0) is 11.2 Å². The number of pyridine rings is 1. The number of nitrogens with zero attached hydrogens (tertiary/aromatic N) is 1. The van der Waals surface area contributed by atoms with Gasteiger partial charge in [0.2, 0.25) is 0 Å². The maximum Gasteiger partial charge on any atom is 0.0708 e. The Kier molecular flexibility index (Phi) is 3.91. The van der Waals surface area contributed by atoms with Gasteiger partial charge in [-0.15, -0.1) is 0 Å². The second kappa shape index (κ2) is 5.16. The van der Waals surface area contributed by atoms with Crippen molar-refractivity contribution in [2.24, 2.45) is 0 Å². The number of rotatable bonds is 2. The molecule has 102 valence electrons. The molecule has 0 atom stereocenters. The van der Waals surface area contributed by atoms with E-state index in [1.165, 1.54) is 16.5 Å². The van der Waals surface area contributed by atoms with Crippen LogP contribution >= 0.6 is 12.6 Å². The molecule has 0 spiro atoms. The summed E-state index contributed by atoms with van der Waals surface area (Å²) in [5, 5.41) is 1.24. The zero-order chi connectivity index (χ0) is 14.2. The molecule has 2 aromatic rings. The van der Waals surface area contributed by atoms with E-state index in [0.717, 1.165) is 17.0 Å². The molecule has 0 aliphatic heterocycles. The lowest BCUT2D eigenvalue weighted by Crippen LogP contribution is -2.14. The Labute approximate surface area is 121 Å². The highest BCUT2D eigenvalue weighted by molar-refractivity contribution is 7.79. The molecule has 2 rings (SSSR count). The topological polar surface area (TPSA) is 12.9 Å². The third-order valence-electron chi connectivity index (χ3n) is 3.52. The SMILES string of the molecule is CC(C)c1ccc2nc(C(C)(C)C)cc(CS)c2c1. The molecule has 0 fully saturated rings. The number of benzene rings is 1. The molecule has 0 radical (unpaired) electrons. The van der Waals surface area contributed by atoms with Crippen LogP contribution in [0.5, 0.6) is 0 Å². The standard InChI is InChI=1S/C17H23NS/c1-11(2)12-6-7-15-14(8-12)13(10-19)9-16(18-15)17(3,4)5/h6-9,11,19H,10H2,1-5H3. The van der Waals surface area contributed by atoms with Crippen LogP contribution in [0.25, 0.3) is 10.9 Å². The van der Waals surface area contributed by atoms with Gasteiger partial charge in [0.25, 0.3) is 0 Å². The monoisotopic (exact) mass is 273 g/mol. The van der Waals surface area contributed by atoms with Gasteiger partial charge >= 0.3 is 0 Å². The highest BCUT2D eigenvalue weighted by atomic mass is 32.1. The van der Waals surface area contributed by atoms with Crippen molar-refractivity contribution in [2.45, 2.75) is 51.7 Å². The van der Waals surface area contributed by atoms with E-state index in [1.54, 1.807) is 0 Å². The first kappa shape index (κ1) is 14.4. The normalized spacial score (nSPS) is 12.4. The molecule has 0 aliphatic carbocycles. The molecular formula is C17H23NS. The minimum atomic E-state index is 0.0720. The average molecular weight is 273 g/mol. The van der Waals surface area contributed by atoms with E-state index in [-0.39, 0.29) is 5.41 Å². The zero-order valence-corrected chi connectivity index (χ0v) is 13.4. The highest BCUT2D eigenvalue weighted by Gasteiger charge is 2.17. The largest absolute Gasteiger partial charge is 0.252 e. The Balaban J connectivity index is 2.70. The molecular weight excluding hydrogens is 250 g/mol. The fourth-order valence-electron chi connectivity index (χ4n) is 2.19. The van der Waals surface area contributed by atoms with E-state index < -0.39 is 0 Å². The maximum atomic E-state index is 4.82. The first-order chi connectivity index (χ1) is 8.82. The maximum absolute atomic E-state index is 4.82. The predicted molar refractivity (Wildman–Crippen MR) is 87.2 cm³/mol. The lowest BCUT2D eigenvalue weighted by molar-refractivity contribution is 0.571. The summed E-state index contributed by atoms with van der Waals surface area (Å²) in [7, 11) is 0. The van der Waals surface area contributed by atoms with Crippen molar-refractivity contribution in [2.75, 3.05) is 0 Å². The summed E-state index contributed by atoms with van der Waals surface area (Å²) in [4.78, 5) is 4.82. The second-order valence-electron chi connectivity index (χ2n) is 6.51. The molecule has 0 amide bonds. The number of hydrogen-bond acceptors (Lipinski definition) is 2. The van der Waals surface area contributed by atoms with Crippen LogP contribution < -0.4 is 0 Å². The van der Waals surface area contributed by atoms with Crippen molar-refractivity contribution in [3.8, 4) is 0 Å². The van der Waals surface area contributed by atoms with E-state index in [2.05, 4.69) is 71.5 Å². The number of hydrogen-bond donors (Lipinski definition) is 1. The Morgan fingerprint density at radius 3 is 2.37 bits per heavy atom. The van der Waals surface area contributed by atoms with Crippen molar-refractivity contribution in [1.29, 1.82) is 0 Å². The Morgan fingerprint density at radius 1 is 1.16 bits per heavy atom. The molecule has 0 bridgehead atoms. The van der Waals surface area contributed by atoms with Crippen LogP contribution in [0.4, 0.5) is 0 Å². The first-order valence-electron chi connectivity index (χ1n) is 6.88. The van der Waals surface area contributed by atoms with Crippen molar-refractivity contribution < 1.29 is 0 Å². The fourth-order valence-corrected chi connectivity index (χ4v) is 2.45. The minimum absolute atomic E-state index is 0.0720. The lowest BCUT2D eigenvalue weighted by Gasteiger charge is -2.20. The summed E-state index contributed by atoms with van der Waals surface area (Å²) in [5.41, 5.74) is 4.94. The van der Waals surface area contributed by atoms with Gasteiger partial charge in [-0.25, -0.2) is 0 Å². The molecule has 0 saturated carbocycles. The summed E-state index contributed by atoms with van der Waals surface area (Å²) in [5.74, 6) is 1.29. The van der Waals surface area contributed by atoms with Gasteiger partial charge in [-0.3, -0.25) is 4.98 Å². The third kappa shape index (κ3) is 2.94. The quantitative estimate of drug-likeness (QED) is 0.752. The predicted octanol–water partition coefficient (Wildman–Crippen LogP) is 5.09. The molecule has 1 heterocycles. The molecule has 2 heteroatoms. The number of aromatic nitrogens is 1. The van der Waals surface area contributed by atoms with Gasteiger partial charge in [0.1, 0.15) is 0 Å². The van der Waals surface area contributed by atoms with E-state index in [9.17, 15) is 0 Å². The summed E-state index contributed by atoms with van der Waals surface area (Å²) in [6.07, 6.45) is 0. The smallest absolute Gasteiger partial charge is 0.0708 e. The van der Waals surface area contributed by atoms with Crippen molar-refractivity contribution in [3.05, 3.63) is 41.1 Å². The minimum Gasteiger partial charge on any atom is -0.252 e. The van der Waals surface area contributed by atoms with Crippen LogP contribution in [0.15, 0.2) is 24.3 Å². The van der Waals surface area contributed by atoms with Gasteiger partial charge < -0.3 is 0 Å². The summed E-state index contributed by atoms with van der Waals surface area (Å²) < 4.78 is 0. The average Bonchev–Trinajstić information content (AvgIpc) is 2.35. The van der Waals surface area contributed by atoms with Gasteiger partial charge in [0.15, 0.2) is 0 Å². The Morgan fingerprint density at radius 2 is 1.84 bits per heavy atom. The zero-order valence-electron chi connectivity index (χ0n) is 12.5.